The van der Waals surface area contributed by atoms with E-state index in [0.29, 0.717) is 12.3 Å². The summed E-state index contributed by atoms with van der Waals surface area (Å²) in [6.45, 7) is 0. The first kappa shape index (κ1) is 9.69. The van der Waals surface area contributed by atoms with Crippen LogP contribution in [0.1, 0.15) is 38.5 Å². The van der Waals surface area contributed by atoms with E-state index in [4.69, 9.17) is 0 Å². The average molecular weight is 195 g/mol. The Bertz CT molecular complexity index is 256. The molecule has 2 fully saturated rings. The van der Waals surface area contributed by atoms with Gasteiger partial charge in [0.25, 0.3) is 0 Å². The minimum Gasteiger partial charge on any atom is -0.285 e. The number of amides is 2. The summed E-state index contributed by atoms with van der Waals surface area (Å²) in [6.07, 6.45) is 6.48. The Balaban J connectivity index is 2.04. The van der Waals surface area contributed by atoms with E-state index >= 15 is 0 Å². The van der Waals surface area contributed by atoms with E-state index in [1.165, 1.54) is 24.2 Å². The van der Waals surface area contributed by atoms with Gasteiger partial charge in [0.2, 0.25) is 11.8 Å². The summed E-state index contributed by atoms with van der Waals surface area (Å²) in [6, 6.07) is 0. The fourth-order valence-corrected chi connectivity index (χ4v) is 2.69. The molecular formula is C11H17NO2. The lowest BCUT2D eigenvalue weighted by atomic mass is 9.79. The average Bonchev–Trinajstić information content (AvgIpc) is 2.47. The minimum atomic E-state index is 0.00516. The molecule has 0 aromatic heterocycles. The molecule has 0 bridgehead atoms. The van der Waals surface area contributed by atoms with Gasteiger partial charge in [-0.05, 0) is 18.8 Å². The molecule has 1 saturated heterocycles. The Hall–Kier alpha value is -0.860. The van der Waals surface area contributed by atoms with Crippen molar-refractivity contribution in [2.45, 2.75) is 38.5 Å². The van der Waals surface area contributed by atoms with Gasteiger partial charge in [-0.1, -0.05) is 19.3 Å². The molecule has 3 nitrogen and oxygen atoms in total. The summed E-state index contributed by atoms with van der Waals surface area (Å²) in [5.41, 5.74) is 0. The number of hydrogen-bond donors (Lipinski definition) is 0. The molecule has 0 aromatic carbocycles. The molecule has 3 heteroatoms. The third-order valence-corrected chi connectivity index (χ3v) is 3.64. The number of imide groups is 1. The molecule has 1 saturated carbocycles. The van der Waals surface area contributed by atoms with E-state index in [9.17, 15) is 9.59 Å². The monoisotopic (exact) mass is 195 g/mol. The van der Waals surface area contributed by atoms with Crippen LogP contribution in [0.3, 0.4) is 0 Å². The summed E-state index contributed by atoms with van der Waals surface area (Å²) in [5.74, 6) is 0.547. The molecule has 14 heavy (non-hydrogen) atoms. The van der Waals surface area contributed by atoms with Gasteiger partial charge in [0.05, 0.1) is 5.92 Å². The lowest BCUT2D eigenvalue weighted by Gasteiger charge is -2.25. The normalized spacial score (nSPS) is 30.1. The van der Waals surface area contributed by atoms with E-state index in [2.05, 4.69) is 0 Å². The van der Waals surface area contributed by atoms with Crippen molar-refractivity contribution in [2.24, 2.45) is 11.8 Å². The van der Waals surface area contributed by atoms with Gasteiger partial charge >= 0.3 is 0 Å². The molecule has 2 rings (SSSR count). The van der Waals surface area contributed by atoms with E-state index in [1.807, 2.05) is 0 Å². The molecule has 2 aliphatic rings. The zero-order valence-corrected chi connectivity index (χ0v) is 8.66. The topological polar surface area (TPSA) is 37.4 Å². The Morgan fingerprint density at radius 2 is 1.79 bits per heavy atom. The van der Waals surface area contributed by atoms with Crippen molar-refractivity contribution >= 4 is 11.8 Å². The fourth-order valence-electron chi connectivity index (χ4n) is 2.69. The number of likely N-dealkylation sites (tertiary alicyclic amines) is 1. The summed E-state index contributed by atoms with van der Waals surface area (Å²) < 4.78 is 0. The van der Waals surface area contributed by atoms with Gasteiger partial charge < -0.3 is 0 Å². The first-order valence-electron chi connectivity index (χ1n) is 5.50. The Kier molecular flexibility index (Phi) is 2.57. The highest BCUT2D eigenvalue weighted by molar-refractivity contribution is 6.03. The first-order chi connectivity index (χ1) is 6.70. The van der Waals surface area contributed by atoms with Crippen LogP contribution in [0.15, 0.2) is 0 Å². The third kappa shape index (κ3) is 1.56. The van der Waals surface area contributed by atoms with Crippen molar-refractivity contribution in [3.8, 4) is 0 Å². The Morgan fingerprint density at radius 3 is 2.29 bits per heavy atom. The summed E-state index contributed by atoms with van der Waals surface area (Å²) in [4.78, 5) is 24.4. The molecule has 1 unspecified atom stereocenters. The van der Waals surface area contributed by atoms with Gasteiger partial charge in [0.1, 0.15) is 0 Å². The van der Waals surface area contributed by atoms with Gasteiger partial charge in [-0.2, -0.15) is 0 Å². The highest BCUT2D eigenvalue weighted by atomic mass is 16.2. The molecule has 2 amide bonds. The maximum absolute atomic E-state index is 11.7. The van der Waals surface area contributed by atoms with Crippen LogP contribution in [-0.4, -0.2) is 23.8 Å². The lowest BCUT2D eigenvalue weighted by molar-refractivity contribution is -0.138. The SMILES string of the molecule is CN1C(=O)CC(C2CCCCC2)C1=O. The van der Waals surface area contributed by atoms with E-state index in [-0.39, 0.29) is 17.7 Å². The number of rotatable bonds is 1. The Morgan fingerprint density at radius 1 is 1.14 bits per heavy atom. The molecule has 0 aromatic rings. The van der Waals surface area contributed by atoms with Gasteiger partial charge in [0, 0.05) is 13.5 Å². The van der Waals surface area contributed by atoms with Crippen molar-refractivity contribution in [3.05, 3.63) is 0 Å². The van der Waals surface area contributed by atoms with Crippen molar-refractivity contribution in [3.63, 3.8) is 0 Å². The quantitative estimate of drug-likeness (QED) is 0.596. The van der Waals surface area contributed by atoms with Gasteiger partial charge in [-0.3, -0.25) is 14.5 Å². The van der Waals surface area contributed by atoms with Crippen LogP contribution in [0, 0.1) is 11.8 Å². The second-order valence-corrected chi connectivity index (χ2v) is 4.50. The predicted molar refractivity (Wildman–Crippen MR) is 52.5 cm³/mol. The standard InChI is InChI=1S/C11H17NO2/c1-12-10(13)7-9(11(12)14)8-5-3-2-4-6-8/h8-9H,2-7H2,1H3. The molecule has 0 spiro atoms. The van der Waals surface area contributed by atoms with E-state index in [1.54, 1.807) is 7.05 Å². The van der Waals surface area contributed by atoms with Crippen LogP contribution in [0.2, 0.25) is 0 Å². The second kappa shape index (κ2) is 3.71. The summed E-state index contributed by atoms with van der Waals surface area (Å²) in [5, 5.41) is 0. The minimum absolute atomic E-state index is 0.00516. The van der Waals surface area contributed by atoms with Crippen LogP contribution < -0.4 is 0 Å². The number of carbonyl (C=O) groups is 2. The largest absolute Gasteiger partial charge is 0.285 e. The van der Waals surface area contributed by atoms with Crippen LogP contribution in [-0.2, 0) is 9.59 Å². The summed E-state index contributed by atoms with van der Waals surface area (Å²) in [7, 11) is 1.60. The van der Waals surface area contributed by atoms with Crippen molar-refractivity contribution in [1.82, 2.24) is 4.90 Å². The van der Waals surface area contributed by atoms with Crippen LogP contribution in [0.4, 0.5) is 0 Å². The highest BCUT2D eigenvalue weighted by Gasteiger charge is 2.40. The van der Waals surface area contributed by atoms with Crippen molar-refractivity contribution in [1.29, 1.82) is 0 Å². The predicted octanol–water partition coefficient (Wildman–Crippen LogP) is 1.57. The van der Waals surface area contributed by atoms with Crippen LogP contribution in [0.25, 0.3) is 0 Å². The van der Waals surface area contributed by atoms with Crippen LogP contribution in [0.5, 0.6) is 0 Å². The third-order valence-electron chi connectivity index (χ3n) is 3.64. The zero-order chi connectivity index (χ0) is 10.1. The molecule has 1 atom stereocenters. The maximum Gasteiger partial charge on any atom is 0.232 e. The number of carbonyl (C=O) groups excluding carboxylic acids is 2. The fraction of sp³-hybridized carbons (Fsp3) is 0.818. The smallest absolute Gasteiger partial charge is 0.232 e. The van der Waals surface area contributed by atoms with Crippen molar-refractivity contribution < 1.29 is 9.59 Å². The maximum atomic E-state index is 11.7. The van der Waals surface area contributed by atoms with E-state index < -0.39 is 0 Å². The van der Waals surface area contributed by atoms with E-state index in [0.717, 1.165) is 12.8 Å². The van der Waals surface area contributed by atoms with Gasteiger partial charge in [-0.15, -0.1) is 0 Å². The van der Waals surface area contributed by atoms with Gasteiger partial charge in [-0.25, -0.2) is 0 Å². The Labute approximate surface area is 84.5 Å². The first-order valence-corrected chi connectivity index (χ1v) is 5.50. The van der Waals surface area contributed by atoms with Gasteiger partial charge in [0.15, 0.2) is 0 Å². The summed E-state index contributed by atoms with van der Waals surface area (Å²) >= 11 is 0. The molecule has 0 radical (unpaired) electrons. The second-order valence-electron chi connectivity index (χ2n) is 4.50. The number of nitrogens with zero attached hydrogens (tertiary/aromatic N) is 1. The lowest BCUT2D eigenvalue weighted by Crippen LogP contribution is -2.29. The highest BCUT2D eigenvalue weighted by Crippen LogP contribution is 2.35. The molecule has 78 valence electrons. The molecule has 1 aliphatic carbocycles. The van der Waals surface area contributed by atoms with Crippen LogP contribution >= 0.6 is 0 Å². The van der Waals surface area contributed by atoms with Crippen molar-refractivity contribution in [2.75, 3.05) is 7.05 Å². The molecular weight excluding hydrogens is 178 g/mol. The molecule has 1 aliphatic heterocycles. The molecule has 1 heterocycles. The zero-order valence-electron chi connectivity index (χ0n) is 8.66. The molecule has 0 N–H and O–H groups in total. The number of hydrogen-bond acceptors (Lipinski definition) is 2.